The molecule has 0 atom stereocenters. The Hall–Kier alpha value is -2.01. The van der Waals surface area contributed by atoms with Crippen LogP contribution in [0.5, 0.6) is 0 Å². The fourth-order valence-electron chi connectivity index (χ4n) is 1.78. The third-order valence-electron chi connectivity index (χ3n) is 3.03. The molecule has 5 heteroatoms. The first-order chi connectivity index (χ1) is 8.92. The summed E-state index contributed by atoms with van der Waals surface area (Å²) in [6, 6.07) is 11.8. The van der Waals surface area contributed by atoms with Crippen LogP contribution in [0.4, 0.5) is 11.4 Å². The predicted octanol–water partition coefficient (Wildman–Crippen LogP) is 2.69. The maximum absolute atomic E-state index is 12.2. The Morgan fingerprint density at radius 2 is 1.63 bits per heavy atom. The molecule has 0 aromatic heterocycles. The van der Waals surface area contributed by atoms with Crippen molar-refractivity contribution in [2.24, 2.45) is 0 Å². The van der Waals surface area contributed by atoms with Crippen LogP contribution >= 0.6 is 0 Å². The van der Waals surface area contributed by atoms with Gasteiger partial charge in [-0.3, -0.25) is 4.72 Å². The Morgan fingerprint density at radius 3 is 2.26 bits per heavy atom. The third-order valence-corrected chi connectivity index (χ3v) is 4.41. The van der Waals surface area contributed by atoms with Crippen molar-refractivity contribution in [1.82, 2.24) is 0 Å². The molecule has 0 aliphatic heterocycles. The average molecular weight is 276 g/mol. The number of hydrogen-bond acceptors (Lipinski definition) is 3. The average Bonchev–Trinajstić information content (AvgIpc) is 2.40. The van der Waals surface area contributed by atoms with Crippen molar-refractivity contribution in [3.63, 3.8) is 0 Å². The molecular weight excluding hydrogens is 260 g/mol. The van der Waals surface area contributed by atoms with Crippen LogP contribution < -0.4 is 10.5 Å². The first kappa shape index (κ1) is 13.4. The fraction of sp³-hybridized carbons (Fsp3) is 0.143. The third kappa shape index (κ3) is 2.71. The van der Waals surface area contributed by atoms with Gasteiger partial charge < -0.3 is 5.73 Å². The molecule has 100 valence electrons. The highest BCUT2D eigenvalue weighted by Crippen LogP contribution is 2.26. The summed E-state index contributed by atoms with van der Waals surface area (Å²) in [5, 5.41) is 0. The maximum atomic E-state index is 12.2. The largest absolute Gasteiger partial charge is 0.398 e. The molecule has 2 aromatic carbocycles. The highest BCUT2D eigenvalue weighted by atomic mass is 32.2. The molecule has 4 nitrogen and oxygen atoms in total. The standard InChI is InChI=1S/C14H16N2O2S/c1-10-8-9-13(11(2)14(10)15)16-19(17,18)12-6-4-3-5-7-12/h3-9,16H,15H2,1-2H3. The van der Waals surface area contributed by atoms with E-state index in [1.807, 2.05) is 6.92 Å². The van der Waals surface area contributed by atoms with Gasteiger partial charge in [0, 0.05) is 5.69 Å². The first-order valence-corrected chi connectivity index (χ1v) is 7.33. The lowest BCUT2D eigenvalue weighted by molar-refractivity contribution is 0.601. The summed E-state index contributed by atoms with van der Waals surface area (Å²) in [4.78, 5) is 0.230. The van der Waals surface area contributed by atoms with Gasteiger partial charge in [0.05, 0.1) is 10.6 Å². The summed E-state index contributed by atoms with van der Waals surface area (Å²) in [7, 11) is -3.57. The Balaban J connectivity index is 2.40. The van der Waals surface area contributed by atoms with E-state index in [1.54, 1.807) is 49.4 Å². The number of benzene rings is 2. The predicted molar refractivity (Wildman–Crippen MR) is 77.6 cm³/mol. The van der Waals surface area contributed by atoms with E-state index in [0.717, 1.165) is 11.1 Å². The second-order valence-corrected chi connectivity index (χ2v) is 6.07. The Morgan fingerprint density at radius 1 is 1.00 bits per heavy atom. The van der Waals surface area contributed by atoms with Gasteiger partial charge in [-0.2, -0.15) is 0 Å². The van der Waals surface area contributed by atoms with E-state index in [0.29, 0.717) is 11.4 Å². The molecule has 0 unspecified atom stereocenters. The van der Waals surface area contributed by atoms with Crippen LogP contribution in [0.2, 0.25) is 0 Å². The van der Waals surface area contributed by atoms with E-state index in [2.05, 4.69) is 4.72 Å². The maximum Gasteiger partial charge on any atom is 0.261 e. The summed E-state index contributed by atoms with van der Waals surface area (Å²) in [5.74, 6) is 0. The lowest BCUT2D eigenvalue weighted by atomic mass is 10.1. The molecule has 0 saturated heterocycles. The van der Waals surface area contributed by atoms with Crippen LogP contribution in [0.15, 0.2) is 47.4 Å². The zero-order valence-electron chi connectivity index (χ0n) is 10.8. The minimum atomic E-state index is -3.57. The van der Waals surface area contributed by atoms with Crippen molar-refractivity contribution in [3.05, 3.63) is 53.6 Å². The van der Waals surface area contributed by atoms with Crippen LogP contribution in [0.3, 0.4) is 0 Å². The van der Waals surface area contributed by atoms with Gasteiger partial charge in [-0.1, -0.05) is 24.3 Å². The van der Waals surface area contributed by atoms with Crippen molar-refractivity contribution in [1.29, 1.82) is 0 Å². The molecule has 0 fully saturated rings. The SMILES string of the molecule is Cc1ccc(NS(=O)(=O)c2ccccc2)c(C)c1N. The zero-order chi connectivity index (χ0) is 14.0. The van der Waals surface area contributed by atoms with E-state index in [1.165, 1.54) is 0 Å². The fourth-order valence-corrected chi connectivity index (χ4v) is 2.92. The number of hydrogen-bond donors (Lipinski definition) is 2. The quantitative estimate of drug-likeness (QED) is 0.847. The molecule has 0 saturated carbocycles. The summed E-state index contributed by atoms with van der Waals surface area (Å²) in [6.07, 6.45) is 0. The van der Waals surface area contributed by atoms with Gasteiger partial charge in [0.2, 0.25) is 0 Å². The molecular formula is C14H16N2O2S. The molecule has 0 aliphatic carbocycles. The first-order valence-electron chi connectivity index (χ1n) is 5.85. The summed E-state index contributed by atoms with van der Waals surface area (Å²) in [5.41, 5.74) is 8.68. The molecule has 2 aromatic rings. The van der Waals surface area contributed by atoms with Crippen molar-refractivity contribution in [3.8, 4) is 0 Å². The Bertz CT molecular complexity index is 695. The normalized spacial score (nSPS) is 11.3. The van der Waals surface area contributed by atoms with Gasteiger partial charge >= 0.3 is 0 Å². The summed E-state index contributed by atoms with van der Waals surface area (Å²) >= 11 is 0. The van der Waals surface area contributed by atoms with Gasteiger partial charge in [0.25, 0.3) is 10.0 Å². The van der Waals surface area contributed by atoms with Gasteiger partial charge in [0.1, 0.15) is 0 Å². The number of aryl methyl sites for hydroxylation is 1. The minimum Gasteiger partial charge on any atom is -0.398 e. The number of nitrogen functional groups attached to an aromatic ring is 1. The van der Waals surface area contributed by atoms with Crippen LogP contribution in [-0.4, -0.2) is 8.42 Å². The number of nitrogens with one attached hydrogen (secondary N) is 1. The number of nitrogens with two attached hydrogens (primary N) is 1. The summed E-state index contributed by atoms with van der Waals surface area (Å²) < 4.78 is 27.0. The molecule has 0 radical (unpaired) electrons. The number of anilines is 2. The van der Waals surface area contributed by atoms with E-state index in [9.17, 15) is 8.42 Å². The van der Waals surface area contributed by atoms with Crippen molar-refractivity contribution in [2.75, 3.05) is 10.5 Å². The van der Waals surface area contributed by atoms with Crippen LogP contribution in [-0.2, 0) is 10.0 Å². The molecule has 3 N–H and O–H groups in total. The zero-order valence-corrected chi connectivity index (χ0v) is 11.7. The topological polar surface area (TPSA) is 72.2 Å². The van der Waals surface area contributed by atoms with Gasteiger partial charge in [-0.05, 0) is 43.2 Å². The molecule has 0 spiro atoms. The Kier molecular flexibility index (Phi) is 3.48. The van der Waals surface area contributed by atoms with E-state index in [-0.39, 0.29) is 4.90 Å². The highest BCUT2D eigenvalue weighted by molar-refractivity contribution is 7.92. The number of rotatable bonds is 3. The number of sulfonamides is 1. The van der Waals surface area contributed by atoms with Crippen LogP contribution in [0.1, 0.15) is 11.1 Å². The molecule has 0 bridgehead atoms. The van der Waals surface area contributed by atoms with Gasteiger partial charge in [-0.15, -0.1) is 0 Å². The second kappa shape index (κ2) is 4.93. The second-order valence-electron chi connectivity index (χ2n) is 4.39. The molecule has 2 rings (SSSR count). The molecule has 19 heavy (non-hydrogen) atoms. The lowest BCUT2D eigenvalue weighted by Gasteiger charge is -2.13. The summed E-state index contributed by atoms with van der Waals surface area (Å²) in [6.45, 7) is 3.68. The Labute approximate surface area is 113 Å². The van der Waals surface area contributed by atoms with E-state index in [4.69, 9.17) is 5.73 Å². The van der Waals surface area contributed by atoms with Gasteiger partial charge in [0.15, 0.2) is 0 Å². The molecule has 0 amide bonds. The van der Waals surface area contributed by atoms with Crippen LogP contribution in [0, 0.1) is 13.8 Å². The molecule has 0 aliphatic rings. The van der Waals surface area contributed by atoms with E-state index < -0.39 is 10.0 Å². The highest BCUT2D eigenvalue weighted by Gasteiger charge is 2.15. The lowest BCUT2D eigenvalue weighted by Crippen LogP contribution is -2.14. The van der Waals surface area contributed by atoms with Crippen molar-refractivity contribution in [2.45, 2.75) is 18.7 Å². The minimum absolute atomic E-state index is 0.230. The van der Waals surface area contributed by atoms with Crippen molar-refractivity contribution < 1.29 is 8.42 Å². The van der Waals surface area contributed by atoms with E-state index >= 15 is 0 Å². The smallest absolute Gasteiger partial charge is 0.261 e. The van der Waals surface area contributed by atoms with Gasteiger partial charge in [-0.25, -0.2) is 8.42 Å². The molecule has 0 heterocycles. The monoisotopic (exact) mass is 276 g/mol. The van der Waals surface area contributed by atoms with Crippen molar-refractivity contribution >= 4 is 21.4 Å². The van der Waals surface area contributed by atoms with Crippen LogP contribution in [0.25, 0.3) is 0 Å².